The van der Waals surface area contributed by atoms with Gasteiger partial charge < -0.3 is 9.47 Å². The number of benzene rings is 2. The fourth-order valence-corrected chi connectivity index (χ4v) is 2.98. The van der Waals surface area contributed by atoms with E-state index in [0.29, 0.717) is 0 Å². The summed E-state index contributed by atoms with van der Waals surface area (Å²) in [5.41, 5.74) is 1.23. The summed E-state index contributed by atoms with van der Waals surface area (Å²) in [5, 5.41) is 0. The minimum absolute atomic E-state index is 0.861. The van der Waals surface area contributed by atoms with Gasteiger partial charge in [0.05, 0.1) is 16.9 Å². The summed E-state index contributed by atoms with van der Waals surface area (Å²) >= 11 is 1.70. The van der Waals surface area contributed by atoms with Crippen molar-refractivity contribution in [2.75, 3.05) is 7.11 Å². The minimum atomic E-state index is 0.861. The number of aryl methyl sites for hydroxylation is 1. The van der Waals surface area contributed by atoms with Crippen LogP contribution in [0.15, 0.2) is 46.2 Å². The standard InChI is InChI=1S/C14H12O2S/c1-9-6-7-10-13(8-9)17-14-11(15-2)4-3-5-12(14)16-10/h3-8H,1-2H3. The van der Waals surface area contributed by atoms with E-state index in [2.05, 4.69) is 19.1 Å². The lowest BCUT2D eigenvalue weighted by Gasteiger charge is -2.21. The number of hydrogen-bond acceptors (Lipinski definition) is 3. The molecular formula is C14H12O2S. The van der Waals surface area contributed by atoms with Gasteiger partial charge in [-0.05, 0) is 36.8 Å². The molecular weight excluding hydrogens is 232 g/mol. The highest BCUT2D eigenvalue weighted by Crippen LogP contribution is 2.50. The number of hydrogen-bond donors (Lipinski definition) is 0. The van der Waals surface area contributed by atoms with Gasteiger partial charge in [-0.1, -0.05) is 23.9 Å². The van der Waals surface area contributed by atoms with Gasteiger partial charge in [0.15, 0.2) is 0 Å². The zero-order chi connectivity index (χ0) is 11.8. The van der Waals surface area contributed by atoms with Crippen LogP contribution in [-0.2, 0) is 0 Å². The Morgan fingerprint density at radius 3 is 2.82 bits per heavy atom. The van der Waals surface area contributed by atoms with E-state index < -0.39 is 0 Å². The number of rotatable bonds is 1. The van der Waals surface area contributed by atoms with Crippen LogP contribution in [-0.4, -0.2) is 7.11 Å². The fraction of sp³-hybridized carbons (Fsp3) is 0.143. The molecule has 1 aliphatic heterocycles. The van der Waals surface area contributed by atoms with Gasteiger partial charge >= 0.3 is 0 Å². The van der Waals surface area contributed by atoms with E-state index >= 15 is 0 Å². The van der Waals surface area contributed by atoms with E-state index in [1.54, 1.807) is 18.9 Å². The molecule has 0 aliphatic carbocycles. The van der Waals surface area contributed by atoms with Crippen LogP contribution < -0.4 is 9.47 Å². The first kappa shape index (κ1) is 10.5. The quantitative estimate of drug-likeness (QED) is 0.637. The lowest BCUT2D eigenvalue weighted by molar-refractivity contribution is 0.390. The third-order valence-electron chi connectivity index (χ3n) is 2.69. The van der Waals surface area contributed by atoms with Crippen molar-refractivity contribution in [3.05, 3.63) is 42.0 Å². The van der Waals surface area contributed by atoms with Crippen LogP contribution in [0.3, 0.4) is 0 Å². The van der Waals surface area contributed by atoms with Gasteiger partial charge in [0.25, 0.3) is 0 Å². The molecule has 0 saturated heterocycles. The number of methoxy groups -OCH3 is 1. The normalized spacial score (nSPS) is 12.4. The number of ether oxygens (including phenoxy) is 2. The summed E-state index contributed by atoms with van der Waals surface area (Å²) in [4.78, 5) is 2.19. The Morgan fingerprint density at radius 1 is 1.12 bits per heavy atom. The maximum atomic E-state index is 5.87. The molecule has 3 heteroatoms. The van der Waals surface area contributed by atoms with E-state index in [0.717, 1.165) is 27.0 Å². The first-order chi connectivity index (χ1) is 8.28. The van der Waals surface area contributed by atoms with Crippen LogP contribution in [0.4, 0.5) is 0 Å². The molecule has 3 rings (SSSR count). The van der Waals surface area contributed by atoms with Gasteiger partial charge in [-0.25, -0.2) is 0 Å². The summed E-state index contributed by atoms with van der Waals surface area (Å²) in [5.74, 6) is 2.65. The first-order valence-electron chi connectivity index (χ1n) is 5.41. The molecule has 0 spiro atoms. The molecule has 0 atom stereocenters. The molecule has 1 heterocycles. The molecule has 0 bridgehead atoms. The van der Waals surface area contributed by atoms with Crippen LogP contribution in [0, 0.1) is 6.92 Å². The summed E-state index contributed by atoms with van der Waals surface area (Å²) in [6.07, 6.45) is 0. The van der Waals surface area contributed by atoms with Gasteiger partial charge in [0.1, 0.15) is 17.2 Å². The van der Waals surface area contributed by atoms with E-state index in [9.17, 15) is 0 Å². The lowest BCUT2D eigenvalue weighted by Crippen LogP contribution is -1.97. The van der Waals surface area contributed by atoms with E-state index in [4.69, 9.17) is 9.47 Å². The second kappa shape index (κ2) is 4.00. The predicted octanol–water partition coefficient (Wildman–Crippen LogP) is 4.26. The zero-order valence-corrected chi connectivity index (χ0v) is 10.5. The van der Waals surface area contributed by atoms with Crippen LogP contribution in [0.2, 0.25) is 0 Å². The third-order valence-corrected chi connectivity index (χ3v) is 3.84. The lowest BCUT2D eigenvalue weighted by atomic mass is 10.2. The Bertz CT molecular complexity index is 578. The van der Waals surface area contributed by atoms with Crippen molar-refractivity contribution >= 4 is 11.8 Å². The monoisotopic (exact) mass is 244 g/mol. The summed E-state index contributed by atoms with van der Waals surface area (Å²) in [6, 6.07) is 12.1. The largest absolute Gasteiger partial charge is 0.495 e. The second-order valence-electron chi connectivity index (χ2n) is 3.94. The molecule has 0 saturated carbocycles. The van der Waals surface area contributed by atoms with Crippen molar-refractivity contribution in [2.24, 2.45) is 0 Å². The molecule has 1 aliphatic rings. The first-order valence-corrected chi connectivity index (χ1v) is 6.23. The van der Waals surface area contributed by atoms with Gasteiger partial charge in [-0.15, -0.1) is 0 Å². The van der Waals surface area contributed by atoms with Crippen LogP contribution >= 0.6 is 11.8 Å². The number of fused-ring (bicyclic) bond motifs is 2. The Hall–Kier alpha value is -1.61. The average Bonchev–Trinajstić information content (AvgIpc) is 2.35. The Kier molecular flexibility index (Phi) is 2.48. The molecule has 2 nitrogen and oxygen atoms in total. The van der Waals surface area contributed by atoms with E-state index in [1.807, 2.05) is 24.3 Å². The average molecular weight is 244 g/mol. The third kappa shape index (κ3) is 1.76. The van der Waals surface area contributed by atoms with Gasteiger partial charge in [-0.2, -0.15) is 0 Å². The van der Waals surface area contributed by atoms with Crippen molar-refractivity contribution in [3.63, 3.8) is 0 Å². The molecule has 0 radical (unpaired) electrons. The van der Waals surface area contributed by atoms with Crippen LogP contribution in [0.5, 0.6) is 17.2 Å². The molecule has 86 valence electrons. The van der Waals surface area contributed by atoms with E-state index in [1.165, 1.54) is 5.56 Å². The van der Waals surface area contributed by atoms with Crippen molar-refractivity contribution in [1.82, 2.24) is 0 Å². The van der Waals surface area contributed by atoms with Crippen LogP contribution in [0.1, 0.15) is 5.56 Å². The Labute approximate surface area is 105 Å². The van der Waals surface area contributed by atoms with Crippen molar-refractivity contribution in [3.8, 4) is 17.2 Å². The predicted molar refractivity (Wildman–Crippen MR) is 68.4 cm³/mol. The smallest absolute Gasteiger partial charge is 0.145 e. The Morgan fingerprint density at radius 2 is 2.00 bits per heavy atom. The fourth-order valence-electron chi connectivity index (χ4n) is 1.85. The summed E-state index contributed by atoms with van der Waals surface area (Å²) in [6.45, 7) is 2.08. The highest BCUT2D eigenvalue weighted by atomic mass is 32.2. The molecule has 2 aromatic rings. The minimum Gasteiger partial charge on any atom is -0.495 e. The summed E-state index contributed by atoms with van der Waals surface area (Å²) < 4.78 is 11.2. The molecule has 2 aromatic carbocycles. The van der Waals surface area contributed by atoms with Crippen LogP contribution in [0.25, 0.3) is 0 Å². The summed E-state index contributed by atoms with van der Waals surface area (Å²) in [7, 11) is 1.68. The van der Waals surface area contributed by atoms with Gasteiger partial charge in [0.2, 0.25) is 0 Å². The van der Waals surface area contributed by atoms with E-state index in [-0.39, 0.29) is 0 Å². The molecule has 17 heavy (non-hydrogen) atoms. The maximum Gasteiger partial charge on any atom is 0.145 e. The SMILES string of the molecule is COc1cccc2c1Sc1cc(C)ccc1O2. The molecule has 0 fully saturated rings. The maximum absolute atomic E-state index is 5.87. The Balaban J connectivity index is 2.11. The van der Waals surface area contributed by atoms with Crippen molar-refractivity contribution in [2.45, 2.75) is 16.7 Å². The zero-order valence-electron chi connectivity index (χ0n) is 9.69. The molecule has 0 aromatic heterocycles. The molecule has 0 N–H and O–H groups in total. The molecule has 0 amide bonds. The van der Waals surface area contributed by atoms with Gasteiger partial charge in [0, 0.05) is 0 Å². The van der Waals surface area contributed by atoms with Gasteiger partial charge in [-0.3, -0.25) is 0 Å². The van der Waals surface area contributed by atoms with Crippen molar-refractivity contribution in [1.29, 1.82) is 0 Å². The van der Waals surface area contributed by atoms with Crippen molar-refractivity contribution < 1.29 is 9.47 Å². The molecule has 0 unspecified atom stereocenters. The second-order valence-corrected chi connectivity index (χ2v) is 4.99. The highest BCUT2D eigenvalue weighted by molar-refractivity contribution is 7.99. The topological polar surface area (TPSA) is 18.5 Å². The highest BCUT2D eigenvalue weighted by Gasteiger charge is 2.20.